The van der Waals surface area contributed by atoms with E-state index >= 15 is 0 Å². The van der Waals surface area contributed by atoms with Crippen LogP contribution in [0.3, 0.4) is 0 Å². The van der Waals surface area contributed by atoms with Crippen molar-refractivity contribution >= 4 is 23.8 Å². The Morgan fingerprint density at radius 3 is 2.95 bits per heavy atom. The number of aromatic amines is 1. The Morgan fingerprint density at radius 2 is 2.32 bits per heavy atom. The number of rotatable bonds is 5. The largest absolute Gasteiger partial charge is 0.463 e. The summed E-state index contributed by atoms with van der Waals surface area (Å²) in [5.41, 5.74) is 0. The summed E-state index contributed by atoms with van der Waals surface area (Å²) in [6, 6.07) is -0.486. The zero-order valence-electron chi connectivity index (χ0n) is 10.1. The van der Waals surface area contributed by atoms with E-state index in [9.17, 15) is 14.4 Å². The standard InChI is InChI=1S/C9H12N6O4/c1-2-19-8-12-7(13-14-8)11-5(16)4-15-6(17)3-10-9(15)18/h2-4H2,1H3,(H,10,18)(H2,11,12,13,14,16). The van der Waals surface area contributed by atoms with Crippen molar-refractivity contribution < 1.29 is 19.1 Å². The molecule has 0 aromatic carbocycles. The molecule has 1 saturated heterocycles. The van der Waals surface area contributed by atoms with Gasteiger partial charge in [-0.15, -0.1) is 5.10 Å². The van der Waals surface area contributed by atoms with Crippen LogP contribution in [-0.2, 0) is 9.59 Å². The van der Waals surface area contributed by atoms with Gasteiger partial charge >= 0.3 is 12.0 Å². The van der Waals surface area contributed by atoms with E-state index in [0.29, 0.717) is 6.61 Å². The van der Waals surface area contributed by atoms with Crippen LogP contribution in [0.25, 0.3) is 0 Å². The third-order valence-electron chi connectivity index (χ3n) is 2.23. The number of urea groups is 1. The number of carbonyl (C=O) groups is 3. The second-order valence-corrected chi connectivity index (χ2v) is 3.59. The molecule has 19 heavy (non-hydrogen) atoms. The minimum absolute atomic E-state index is 0.0838. The summed E-state index contributed by atoms with van der Waals surface area (Å²) >= 11 is 0. The SMILES string of the molecule is CCOc1n[nH]c(NC(=O)CN2C(=O)CNC2=O)n1. The highest BCUT2D eigenvalue weighted by Gasteiger charge is 2.30. The van der Waals surface area contributed by atoms with Crippen LogP contribution in [0.1, 0.15) is 6.92 Å². The number of aromatic nitrogens is 3. The third-order valence-corrected chi connectivity index (χ3v) is 2.23. The van der Waals surface area contributed by atoms with Gasteiger partial charge < -0.3 is 10.1 Å². The molecular weight excluding hydrogens is 256 g/mol. The van der Waals surface area contributed by atoms with Crippen LogP contribution in [0.2, 0.25) is 0 Å². The van der Waals surface area contributed by atoms with Crippen molar-refractivity contribution in [3.05, 3.63) is 0 Å². The normalized spacial score (nSPS) is 14.5. The summed E-state index contributed by atoms with van der Waals surface area (Å²) in [6.07, 6.45) is 0. The Kier molecular flexibility index (Phi) is 3.59. The van der Waals surface area contributed by atoms with Crippen molar-refractivity contribution in [3.63, 3.8) is 0 Å². The number of nitrogens with one attached hydrogen (secondary N) is 3. The van der Waals surface area contributed by atoms with E-state index in [1.54, 1.807) is 6.92 Å². The Morgan fingerprint density at radius 1 is 1.53 bits per heavy atom. The molecule has 10 nitrogen and oxygen atoms in total. The lowest BCUT2D eigenvalue weighted by Gasteiger charge is -2.10. The topological polar surface area (TPSA) is 129 Å². The average molecular weight is 268 g/mol. The molecule has 0 saturated carbocycles. The van der Waals surface area contributed by atoms with E-state index in [1.807, 2.05) is 0 Å². The first-order valence-corrected chi connectivity index (χ1v) is 5.53. The number of nitrogens with zero attached hydrogens (tertiary/aromatic N) is 3. The number of anilines is 1. The Balaban J connectivity index is 1.90. The predicted molar refractivity (Wildman–Crippen MR) is 61.3 cm³/mol. The van der Waals surface area contributed by atoms with E-state index < -0.39 is 17.8 Å². The summed E-state index contributed by atoms with van der Waals surface area (Å²) in [4.78, 5) is 38.7. The summed E-state index contributed by atoms with van der Waals surface area (Å²) in [5, 5.41) is 10.8. The number of hydrogen-bond acceptors (Lipinski definition) is 6. The number of carbonyl (C=O) groups excluding carboxylic acids is 3. The van der Waals surface area contributed by atoms with E-state index in [4.69, 9.17) is 4.74 Å². The lowest BCUT2D eigenvalue weighted by molar-refractivity contribution is -0.128. The maximum Gasteiger partial charge on any atom is 0.337 e. The maximum atomic E-state index is 11.6. The second kappa shape index (κ2) is 5.33. The van der Waals surface area contributed by atoms with Crippen LogP contribution >= 0.6 is 0 Å². The smallest absolute Gasteiger partial charge is 0.337 e. The second-order valence-electron chi connectivity index (χ2n) is 3.59. The van der Waals surface area contributed by atoms with Crippen molar-refractivity contribution in [2.75, 3.05) is 25.0 Å². The molecule has 0 unspecified atom stereocenters. The first-order chi connectivity index (χ1) is 9.10. The molecule has 10 heteroatoms. The Labute approximate surface area is 107 Å². The minimum Gasteiger partial charge on any atom is -0.463 e. The van der Waals surface area contributed by atoms with Gasteiger partial charge in [0.2, 0.25) is 11.9 Å². The van der Waals surface area contributed by atoms with Gasteiger partial charge in [0.15, 0.2) is 0 Å². The number of imide groups is 1. The Hall–Kier alpha value is -2.65. The fraction of sp³-hybridized carbons (Fsp3) is 0.444. The summed E-state index contributed by atoms with van der Waals surface area (Å²) in [7, 11) is 0. The monoisotopic (exact) mass is 268 g/mol. The van der Waals surface area contributed by atoms with Crippen molar-refractivity contribution in [3.8, 4) is 6.01 Å². The molecule has 1 fully saturated rings. The molecule has 0 bridgehead atoms. The van der Waals surface area contributed by atoms with Gasteiger partial charge in [-0.1, -0.05) is 0 Å². The van der Waals surface area contributed by atoms with Gasteiger partial charge in [-0.05, 0) is 6.92 Å². The van der Waals surface area contributed by atoms with Crippen molar-refractivity contribution in [2.45, 2.75) is 6.92 Å². The molecule has 0 spiro atoms. The molecule has 102 valence electrons. The van der Waals surface area contributed by atoms with Gasteiger partial charge in [0.25, 0.3) is 5.91 Å². The zero-order valence-corrected chi connectivity index (χ0v) is 10.1. The van der Waals surface area contributed by atoms with Crippen LogP contribution in [0.5, 0.6) is 6.01 Å². The molecule has 2 rings (SSSR count). The fourth-order valence-corrected chi connectivity index (χ4v) is 1.43. The third kappa shape index (κ3) is 2.97. The number of hydrogen-bond donors (Lipinski definition) is 3. The summed E-state index contributed by atoms with van der Waals surface area (Å²) in [6.45, 7) is 1.69. The van der Waals surface area contributed by atoms with Gasteiger partial charge in [-0.3, -0.25) is 19.8 Å². The molecular formula is C9H12N6O4. The quantitative estimate of drug-likeness (QED) is 0.569. The molecule has 4 amide bonds. The average Bonchev–Trinajstić information content (AvgIpc) is 2.91. The van der Waals surface area contributed by atoms with Crippen LogP contribution < -0.4 is 15.4 Å². The first-order valence-electron chi connectivity index (χ1n) is 5.53. The highest BCUT2D eigenvalue weighted by Crippen LogP contribution is 2.06. The van der Waals surface area contributed by atoms with Gasteiger partial charge in [-0.2, -0.15) is 4.98 Å². The van der Waals surface area contributed by atoms with E-state index in [1.165, 1.54) is 0 Å². The zero-order chi connectivity index (χ0) is 13.8. The molecule has 0 atom stereocenters. The number of amides is 4. The molecule has 1 aliphatic heterocycles. The van der Waals surface area contributed by atoms with Crippen molar-refractivity contribution in [1.82, 2.24) is 25.4 Å². The lowest BCUT2D eigenvalue weighted by atomic mass is 10.5. The summed E-state index contributed by atoms with van der Waals surface area (Å²) < 4.78 is 5.00. The molecule has 1 aromatic rings. The van der Waals surface area contributed by atoms with Crippen LogP contribution in [0.4, 0.5) is 10.7 Å². The highest BCUT2D eigenvalue weighted by molar-refractivity contribution is 6.05. The molecule has 3 N–H and O–H groups in total. The number of ether oxygens (including phenoxy) is 1. The van der Waals surface area contributed by atoms with Crippen molar-refractivity contribution in [2.24, 2.45) is 0 Å². The van der Waals surface area contributed by atoms with Crippen molar-refractivity contribution in [1.29, 1.82) is 0 Å². The molecule has 0 radical (unpaired) electrons. The molecule has 1 aromatic heterocycles. The van der Waals surface area contributed by atoms with Crippen LogP contribution in [-0.4, -0.2) is 57.6 Å². The van der Waals surface area contributed by atoms with E-state index in [2.05, 4.69) is 25.8 Å². The predicted octanol–water partition coefficient (Wildman–Crippen LogP) is -1.31. The van der Waals surface area contributed by atoms with Gasteiger partial charge in [0.05, 0.1) is 13.2 Å². The lowest BCUT2D eigenvalue weighted by Crippen LogP contribution is -2.38. The molecule has 0 aliphatic carbocycles. The van der Waals surface area contributed by atoms with E-state index in [-0.39, 0.29) is 25.0 Å². The highest BCUT2D eigenvalue weighted by atomic mass is 16.5. The fourth-order valence-electron chi connectivity index (χ4n) is 1.43. The van der Waals surface area contributed by atoms with Gasteiger partial charge in [-0.25, -0.2) is 9.89 Å². The van der Waals surface area contributed by atoms with Crippen LogP contribution in [0.15, 0.2) is 0 Å². The Bertz CT molecular complexity index is 497. The van der Waals surface area contributed by atoms with E-state index in [0.717, 1.165) is 4.90 Å². The first kappa shape index (κ1) is 12.8. The summed E-state index contributed by atoms with van der Waals surface area (Å²) in [5.74, 6) is -0.933. The molecule has 1 aliphatic rings. The van der Waals surface area contributed by atoms with Gasteiger partial charge in [0.1, 0.15) is 6.54 Å². The molecule has 2 heterocycles. The number of H-pyrrole nitrogens is 1. The van der Waals surface area contributed by atoms with Gasteiger partial charge in [0, 0.05) is 0 Å². The minimum atomic E-state index is -0.590. The van der Waals surface area contributed by atoms with Crippen LogP contribution in [0, 0.1) is 0 Å². The maximum absolute atomic E-state index is 11.6.